The van der Waals surface area contributed by atoms with Crippen molar-refractivity contribution in [1.82, 2.24) is 10.2 Å². The molecule has 1 saturated heterocycles. The average Bonchev–Trinajstić information content (AvgIpc) is 2.86. The number of benzene rings is 2. The van der Waals surface area contributed by atoms with Gasteiger partial charge in [-0.05, 0) is 24.3 Å². The lowest BCUT2D eigenvalue weighted by Gasteiger charge is -2.37. The normalized spacial score (nSPS) is 15.4. The zero-order chi connectivity index (χ0) is 28.0. The standard InChI is InChI=1S/C24H27ClF5N5O3/c25-15-2-4-17(19(11-15)35-9-7-34(8-10-35)6-5-24(28,29)30)33-23(38)16-3-1-14(20(26)21(16)27)12-32-18(13-36)22(31)37/h1-4,11,18,32,36H,5-10,12-13H2,(H2,31,37)(H,33,38)/t18-/m1/s1. The lowest BCUT2D eigenvalue weighted by atomic mass is 10.1. The van der Waals surface area contributed by atoms with E-state index in [1.54, 1.807) is 11.0 Å². The van der Waals surface area contributed by atoms with Crippen molar-refractivity contribution in [3.05, 3.63) is 58.1 Å². The molecular formula is C24H27ClF5N5O3. The Morgan fingerprint density at radius 3 is 2.37 bits per heavy atom. The maximum atomic E-state index is 14.8. The second-order valence-electron chi connectivity index (χ2n) is 8.73. The van der Waals surface area contributed by atoms with Crippen molar-refractivity contribution in [1.29, 1.82) is 0 Å². The number of amides is 2. The van der Waals surface area contributed by atoms with Crippen LogP contribution in [0, 0.1) is 11.6 Å². The van der Waals surface area contributed by atoms with Crippen molar-refractivity contribution >= 4 is 34.8 Å². The number of aliphatic hydroxyl groups is 1. The zero-order valence-corrected chi connectivity index (χ0v) is 20.9. The predicted octanol–water partition coefficient (Wildman–Crippen LogP) is 2.88. The monoisotopic (exact) mass is 563 g/mol. The van der Waals surface area contributed by atoms with Crippen LogP contribution in [0.1, 0.15) is 22.3 Å². The van der Waals surface area contributed by atoms with Gasteiger partial charge in [0, 0.05) is 49.9 Å². The van der Waals surface area contributed by atoms with Crippen molar-refractivity contribution in [2.45, 2.75) is 25.2 Å². The number of nitrogens with zero attached hydrogens (tertiary/aromatic N) is 2. The third kappa shape index (κ3) is 7.76. The fraction of sp³-hybridized carbons (Fsp3) is 0.417. The van der Waals surface area contributed by atoms with Gasteiger partial charge in [0.05, 0.1) is 30.0 Å². The number of nitrogens with two attached hydrogens (primary N) is 1. The van der Waals surface area contributed by atoms with Crippen molar-refractivity contribution in [3.8, 4) is 0 Å². The van der Waals surface area contributed by atoms with Crippen LogP contribution in [0.2, 0.25) is 5.02 Å². The number of halogens is 6. The molecule has 0 aliphatic carbocycles. The van der Waals surface area contributed by atoms with Gasteiger partial charge in [-0.3, -0.25) is 19.8 Å². The number of anilines is 2. The van der Waals surface area contributed by atoms with Crippen LogP contribution in [-0.2, 0) is 11.3 Å². The minimum Gasteiger partial charge on any atom is -0.394 e. The Bertz CT molecular complexity index is 1160. The molecule has 14 heteroatoms. The number of primary amides is 1. The molecule has 0 unspecified atom stereocenters. The fourth-order valence-corrected chi connectivity index (χ4v) is 4.11. The third-order valence-electron chi connectivity index (χ3n) is 6.10. The van der Waals surface area contributed by atoms with Crippen molar-refractivity contribution < 1.29 is 36.6 Å². The van der Waals surface area contributed by atoms with Crippen LogP contribution >= 0.6 is 11.6 Å². The summed E-state index contributed by atoms with van der Waals surface area (Å²) in [6.07, 6.45) is -5.15. The van der Waals surface area contributed by atoms with Gasteiger partial charge in [-0.2, -0.15) is 13.2 Å². The molecule has 1 aliphatic heterocycles. The molecule has 1 fully saturated rings. The molecule has 208 valence electrons. The predicted molar refractivity (Wildman–Crippen MR) is 132 cm³/mol. The second-order valence-corrected chi connectivity index (χ2v) is 9.16. The first-order chi connectivity index (χ1) is 17.9. The summed E-state index contributed by atoms with van der Waals surface area (Å²) in [6, 6.07) is 5.66. The Labute approximate surface area is 220 Å². The van der Waals surface area contributed by atoms with Crippen LogP contribution in [0.5, 0.6) is 0 Å². The van der Waals surface area contributed by atoms with Crippen LogP contribution in [0.15, 0.2) is 30.3 Å². The second kappa shape index (κ2) is 12.7. The minimum atomic E-state index is -4.24. The molecule has 1 atom stereocenters. The number of carbonyl (C=O) groups excluding carboxylic acids is 2. The summed E-state index contributed by atoms with van der Waals surface area (Å²) in [5, 5.41) is 14.5. The highest BCUT2D eigenvalue weighted by molar-refractivity contribution is 6.31. The largest absolute Gasteiger partial charge is 0.394 e. The first-order valence-electron chi connectivity index (χ1n) is 11.6. The molecule has 1 aliphatic rings. The third-order valence-corrected chi connectivity index (χ3v) is 6.34. The number of rotatable bonds is 10. The number of nitrogens with one attached hydrogen (secondary N) is 2. The lowest BCUT2D eigenvalue weighted by Crippen LogP contribution is -2.47. The zero-order valence-electron chi connectivity index (χ0n) is 20.1. The van der Waals surface area contributed by atoms with Gasteiger partial charge in [0.15, 0.2) is 11.6 Å². The summed E-state index contributed by atoms with van der Waals surface area (Å²) >= 11 is 6.13. The van der Waals surface area contributed by atoms with E-state index in [1.165, 1.54) is 18.2 Å². The van der Waals surface area contributed by atoms with Gasteiger partial charge in [-0.1, -0.05) is 17.7 Å². The Morgan fingerprint density at radius 2 is 1.76 bits per heavy atom. The molecule has 1 heterocycles. The van der Waals surface area contributed by atoms with Crippen LogP contribution < -0.4 is 21.3 Å². The van der Waals surface area contributed by atoms with Gasteiger partial charge in [0.1, 0.15) is 6.04 Å². The molecule has 2 aromatic carbocycles. The highest BCUT2D eigenvalue weighted by atomic mass is 35.5. The minimum absolute atomic E-state index is 0.115. The molecule has 2 aromatic rings. The van der Waals surface area contributed by atoms with Crippen molar-refractivity contribution in [3.63, 3.8) is 0 Å². The topological polar surface area (TPSA) is 111 Å². The summed E-state index contributed by atoms with van der Waals surface area (Å²) in [5.74, 6) is -4.52. The summed E-state index contributed by atoms with van der Waals surface area (Å²) < 4.78 is 67.0. The number of piperazine rings is 1. The highest BCUT2D eigenvalue weighted by Crippen LogP contribution is 2.31. The summed E-state index contributed by atoms with van der Waals surface area (Å²) in [5.41, 5.74) is 5.09. The van der Waals surface area contributed by atoms with E-state index >= 15 is 0 Å². The van der Waals surface area contributed by atoms with E-state index in [-0.39, 0.29) is 24.3 Å². The summed E-state index contributed by atoms with van der Waals surface area (Å²) in [6.45, 7) is 0.380. The molecule has 0 spiro atoms. The molecule has 0 bridgehead atoms. The smallest absolute Gasteiger partial charge is 0.390 e. The van der Waals surface area contributed by atoms with Gasteiger partial charge in [0.2, 0.25) is 5.91 Å². The molecule has 8 nitrogen and oxygen atoms in total. The van der Waals surface area contributed by atoms with Crippen LogP contribution in [0.25, 0.3) is 0 Å². The Hall–Kier alpha value is -3.00. The number of carbonyl (C=O) groups is 2. The number of alkyl halides is 3. The van der Waals surface area contributed by atoms with Gasteiger partial charge >= 0.3 is 6.18 Å². The van der Waals surface area contributed by atoms with Crippen LogP contribution in [-0.4, -0.2) is 73.4 Å². The summed E-state index contributed by atoms with van der Waals surface area (Å²) in [7, 11) is 0. The quantitative estimate of drug-likeness (QED) is 0.331. The molecule has 3 rings (SSSR count). The van der Waals surface area contributed by atoms with E-state index in [1.807, 2.05) is 4.90 Å². The van der Waals surface area contributed by atoms with Gasteiger partial charge in [-0.25, -0.2) is 8.78 Å². The molecule has 0 aromatic heterocycles. The van der Waals surface area contributed by atoms with Gasteiger partial charge < -0.3 is 21.1 Å². The SMILES string of the molecule is NC(=O)[C@@H](CO)NCc1ccc(C(=O)Nc2ccc(Cl)cc2N2CCN(CCC(F)(F)F)CC2)c(F)c1F. The van der Waals surface area contributed by atoms with E-state index in [0.717, 1.165) is 6.07 Å². The van der Waals surface area contributed by atoms with E-state index in [9.17, 15) is 31.5 Å². The molecule has 38 heavy (non-hydrogen) atoms. The molecule has 0 radical (unpaired) electrons. The Balaban J connectivity index is 1.71. The maximum absolute atomic E-state index is 14.8. The van der Waals surface area contributed by atoms with Crippen molar-refractivity contribution in [2.75, 3.05) is 49.5 Å². The first kappa shape index (κ1) is 29.6. The van der Waals surface area contributed by atoms with Gasteiger partial charge in [-0.15, -0.1) is 0 Å². The van der Waals surface area contributed by atoms with E-state index < -0.39 is 54.3 Å². The highest BCUT2D eigenvalue weighted by Gasteiger charge is 2.29. The molecular weight excluding hydrogens is 537 g/mol. The van der Waals surface area contributed by atoms with Gasteiger partial charge in [0.25, 0.3) is 5.91 Å². The molecule has 2 amide bonds. The van der Waals surface area contributed by atoms with Crippen molar-refractivity contribution in [2.24, 2.45) is 5.73 Å². The summed E-state index contributed by atoms with van der Waals surface area (Å²) in [4.78, 5) is 27.6. The first-order valence-corrected chi connectivity index (χ1v) is 12.0. The van der Waals surface area contributed by atoms with E-state index in [2.05, 4.69) is 10.6 Å². The molecule has 0 saturated carbocycles. The number of aliphatic hydroxyl groups excluding tert-OH is 1. The Morgan fingerprint density at radius 1 is 1.08 bits per heavy atom. The molecule has 5 N–H and O–H groups in total. The Kier molecular flexibility index (Phi) is 9.88. The average molecular weight is 564 g/mol. The van der Waals surface area contributed by atoms with E-state index in [4.69, 9.17) is 22.4 Å². The van der Waals surface area contributed by atoms with E-state index in [0.29, 0.717) is 36.9 Å². The fourth-order valence-electron chi connectivity index (χ4n) is 3.95. The maximum Gasteiger partial charge on any atom is 0.390 e. The number of hydrogen-bond donors (Lipinski definition) is 4. The lowest BCUT2D eigenvalue weighted by molar-refractivity contribution is -0.138. The van der Waals surface area contributed by atoms with Crippen LogP contribution in [0.4, 0.5) is 33.3 Å². The number of hydrogen-bond acceptors (Lipinski definition) is 6. The van der Waals surface area contributed by atoms with Crippen LogP contribution in [0.3, 0.4) is 0 Å².